The lowest BCUT2D eigenvalue weighted by Gasteiger charge is -2.21. The van der Waals surface area contributed by atoms with Crippen molar-refractivity contribution in [2.45, 2.75) is 30.3 Å². The summed E-state index contributed by atoms with van der Waals surface area (Å²) >= 11 is 6.05. The van der Waals surface area contributed by atoms with Crippen LogP contribution in [0.5, 0.6) is 5.75 Å². The number of nitrogens with one attached hydrogen (secondary N) is 1. The molecule has 4 rings (SSSR count). The van der Waals surface area contributed by atoms with Gasteiger partial charge in [0.1, 0.15) is 11.9 Å². The second-order valence-corrected chi connectivity index (χ2v) is 9.08. The lowest BCUT2D eigenvalue weighted by atomic mass is 10.1. The molecule has 2 aliphatic rings. The summed E-state index contributed by atoms with van der Waals surface area (Å²) in [5.41, 5.74) is 2.16. The summed E-state index contributed by atoms with van der Waals surface area (Å²) < 4.78 is 38.6. The summed E-state index contributed by atoms with van der Waals surface area (Å²) in [5, 5.41) is 0.215. The van der Waals surface area contributed by atoms with Crippen LogP contribution in [0.3, 0.4) is 0 Å². The molecule has 7 nitrogen and oxygen atoms in total. The topological polar surface area (TPSA) is 84.9 Å². The molecule has 1 atom stereocenters. The van der Waals surface area contributed by atoms with Gasteiger partial charge in [0, 0.05) is 24.5 Å². The van der Waals surface area contributed by atoms with Crippen LogP contribution in [0.2, 0.25) is 5.02 Å². The smallest absolute Gasteiger partial charge is 0.261 e. The van der Waals surface area contributed by atoms with E-state index in [4.69, 9.17) is 21.1 Å². The minimum Gasteiger partial charge on any atom is -0.495 e. The first kappa shape index (κ1) is 20.0. The Balaban J connectivity index is 1.54. The zero-order valence-electron chi connectivity index (χ0n) is 15.9. The number of hydrogen-bond acceptors (Lipinski definition) is 5. The number of sulfonamides is 1. The minimum absolute atomic E-state index is 0.0255. The van der Waals surface area contributed by atoms with E-state index >= 15 is 0 Å². The van der Waals surface area contributed by atoms with Crippen molar-refractivity contribution in [2.75, 3.05) is 29.9 Å². The normalized spacial score (nSPS) is 18.6. The Labute approximate surface area is 174 Å². The SMILES string of the molecule is COc1ccc(S(=O)(=O)Nc2ccc3c(c2)CCN3C(=O)C2CCCO2)cc1Cl. The van der Waals surface area contributed by atoms with Crippen LogP contribution in [-0.2, 0) is 26.0 Å². The monoisotopic (exact) mass is 436 g/mol. The van der Waals surface area contributed by atoms with Crippen LogP contribution < -0.4 is 14.4 Å². The van der Waals surface area contributed by atoms with E-state index in [1.165, 1.54) is 25.3 Å². The highest BCUT2D eigenvalue weighted by atomic mass is 35.5. The Kier molecular flexibility index (Phi) is 5.42. The fourth-order valence-corrected chi connectivity index (χ4v) is 5.07. The fourth-order valence-electron chi connectivity index (χ4n) is 3.67. The number of carbonyl (C=O) groups excluding carboxylic acids is 1. The summed E-state index contributed by atoms with van der Waals surface area (Å²) in [6.45, 7) is 1.19. The third kappa shape index (κ3) is 3.92. The Bertz CT molecular complexity index is 1050. The predicted octanol–water partition coefficient (Wildman–Crippen LogP) is 3.22. The first-order valence-corrected chi connectivity index (χ1v) is 11.2. The first-order valence-electron chi connectivity index (χ1n) is 9.31. The molecule has 0 radical (unpaired) electrons. The third-order valence-corrected chi connectivity index (χ3v) is 6.81. The number of halogens is 1. The number of ether oxygens (including phenoxy) is 2. The minimum atomic E-state index is -3.81. The second kappa shape index (κ2) is 7.85. The number of methoxy groups -OCH3 is 1. The molecule has 2 heterocycles. The second-order valence-electron chi connectivity index (χ2n) is 6.99. The van der Waals surface area contributed by atoms with E-state index in [0.29, 0.717) is 31.0 Å². The summed E-state index contributed by atoms with van der Waals surface area (Å²) in [7, 11) is -2.35. The maximum atomic E-state index is 12.7. The molecule has 1 fully saturated rings. The van der Waals surface area contributed by atoms with Gasteiger partial charge in [0.2, 0.25) is 0 Å². The zero-order chi connectivity index (χ0) is 20.6. The van der Waals surface area contributed by atoms with Crippen LogP contribution in [0.25, 0.3) is 0 Å². The molecule has 1 amide bonds. The lowest BCUT2D eigenvalue weighted by Crippen LogP contribution is -2.37. The Morgan fingerprint density at radius 1 is 1.28 bits per heavy atom. The number of anilines is 2. The molecule has 154 valence electrons. The highest BCUT2D eigenvalue weighted by Gasteiger charge is 2.32. The number of fused-ring (bicyclic) bond motifs is 1. The van der Waals surface area contributed by atoms with E-state index < -0.39 is 10.0 Å². The van der Waals surface area contributed by atoms with Gasteiger partial charge in [-0.3, -0.25) is 9.52 Å². The van der Waals surface area contributed by atoms with Crippen LogP contribution >= 0.6 is 11.6 Å². The van der Waals surface area contributed by atoms with Crippen molar-refractivity contribution in [1.82, 2.24) is 0 Å². The summed E-state index contributed by atoms with van der Waals surface area (Å²) in [6.07, 6.45) is 1.93. The van der Waals surface area contributed by atoms with E-state index in [-0.39, 0.29) is 21.9 Å². The molecule has 2 aromatic rings. The van der Waals surface area contributed by atoms with Gasteiger partial charge in [-0.25, -0.2) is 8.42 Å². The highest BCUT2D eigenvalue weighted by Crippen LogP contribution is 2.33. The van der Waals surface area contributed by atoms with Crippen LogP contribution in [0.1, 0.15) is 18.4 Å². The number of hydrogen-bond donors (Lipinski definition) is 1. The van der Waals surface area contributed by atoms with Crippen LogP contribution in [0.15, 0.2) is 41.3 Å². The molecule has 1 saturated heterocycles. The molecule has 9 heteroatoms. The molecule has 29 heavy (non-hydrogen) atoms. The molecule has 1 N–H and O–H groups in total. The standard InChI is InChI=1S/C20H21ClN2O5S/c1-27-18-7-5-15(12-16(18)21)29(25,26)22-14-4-6-17-13(11-14)8-9-23(17)20(24)19-3-2-10-28-19/h4-7,11-12,19,22H,2-3,8-10H2,1H3. The molecule has 0 aromatic heterocycles. The molecular weight excluding hydrogens is 416 g/mol. The van der Waals surface area contributed by atoms with Crippen molar-refractivity contribution in [3.05, 3.63) is 47.0 Å². The van der Waals surface area contributed by atoms with Crippen molar-refractivity contribution in [2.24, 2.45) is 0 Å². The van der Waals surface area contributed by atoms with E-state index in [0.717, 1.165) is 24.1 Å². The molecule has 2 aliphatic heterocycles. The predicted molar refractivity (Wildman–Crippen MR) is 110 cm³/mol. The molecule has 0 bridgehead atoms. The van der Waals surface area contributed by atoms with Crippen LogP contribution in [-0.4, -0.2) is 40.7 Å². The van der Waals surface area contributed by atoms with Gasteiger partial charge in [-0.05, 0) is 61.2 Å². The summed E-state index contributed by atoms with van der Waals surface area (Å²) in [4.78, 5) is 14.4. The average molecular weight is 437 g/mol. The van der Waals surface area contributed by atoms with Gasteiger partial charge in [0.15, 0.2) is 0 Å². The van der Waals surface area contributed by atoms with Crippen molar-refractivity contribution in [1.29, 1.82) is 0 Å². The van der Waals surface area contributed by atoms with Gasteiger partial charge in [-0.2, -0.15) is 0 Å². The maximum absolute atomic E-state index is 12.7. The van der Waals surface area contributed by atoms with Crippen LogP contribution in [0, 0.1) is 0 Å². The average Bonchev–Trinajstić information content (AvgIpc) is 3.37. The van der Waals surface area contributed by atoms with Gasteiger partial charge in [-0.1, -0.05) is 11.6 Å². The summed E-state index contributed by atoms with van der Waals surface area (Å²) in [5.74, 6) is 0.376. The van der Waals surface area contributed by atoms with Gasteiger partial charge in [0.25, 0.3) is 15.9 Å². The van der Waals surface area contributed by atoms with E-state index in [9.17, 15) is 13.2 Å². The van der Waals surface area contributed by atoms with Gasteiger partial charge in [-0.15, -0.1) is 0 Å². The van der Waals surface area contributed by atoms with E-state index in [1.807, 2.05) is 0 Å². The zero-order valence-corrected chi connectivity index (χ0v) is 17.4. The Morgan fingerprint density at radius 2 is 2.10 bits per heavy atom. The molecule has 0 saturated carbocycles. The number of carbonyl (C=O) groups is 1. The lowest BCUT2D eigenvalue weighted by molar-refractivity contribution is -0.127. The van der Waals surface area contributed by atoms with Crippen molar-refractivity contribution >= 4 is 38.9 Å². The van der Waals surface area contributed by atoms with Gasteiger partial charge >= 0.3 is 0 Å². The van der Waals surface area contributed by atoms with Crippen molar-refractivity contribution in [3.8, 4) is 5.75 Å². The number of nitrogens with zero attached hydrogens (tertiary/aromatic N) is 1. The first-order chi connectivity index (χ1) is 13.9. The number of benzene rings is 2. The number of rotatable bonds is 5. The van der Waals surface area contributed by atoms with Crippen LogP contribution in [0.4, 0.5) is 11.4 Å². The van der Waals surface area contributed by atoms with E-state index in [1.54, 1.807) is 23.1 Å². The van der Waals surface area contributed by atoms with Gasteiger partial charge < -0.3 is 14.4 Å². The largest absolute Gasteiger partial charge is 0.495 e. The fraction of sp³-hybridized carbons (Fsp3) is 0.350. The third-order valence-electron chi connectivity index (χ3n) is 5.13. The van der Waals surface area contributed by atoms with Crippen molar-refractivity contribution < 1.29 is 22.7 Å². The van der Waals surface area contributed by atoms with Gasteiger partial charge in [0.05, 0.1) is 17.0 Å². The Hall–Kier alpha value is -2.29. The molecular formula is C20H21ClN2O5S. The highest BCUT2D eigenvalue weighted by molar-refractivity contribution is 7.92. The summed E-state index contributed by atoms with van der Waals surface area (Å²) in [6, 6.07) is 9.48. The molecule has 0 spiro atoms. The molecule has 1 unspecified atom stereocenters. The maximum Gasteiger partial charge on any atom is 0.261 e. The van der Waals surface area contributed by atoms with Crippen molar-refractivity contribution in [3.63, 3.8) is 0 Å². The molecule has 0 aliphatic carbocycles. The molecule has 2 aromatic carbocycles. The van der Waals surface area contributed by atoms with E-state index in [2.05, 4.69) is 4.72 Å². The Morgan fingerprint density at radius 3 is 2.79 bits per heavy atom. The number of amides is 1. The quantitative estimate of drug-likeness (QED) is 0.777.